The van der Waals surface area contributed by atoms with E-state index in [1.807, 2.05) is 30.3 Å². The number of hydrogen-bond acceptors (Lipinski definition) is 7. The Bertz CT molecular complexity index is 1280. The molecule has 0 aliphatic carbocycles. The van der Waals surface area contributed by atoms with Gasteiger partial charge in [-0.3, -0.25) is 4.79 Å². The lowest BCUT2D eigenvalue weighted by molar-refractivity contribution is 0.102. The van der Waals surface area contributed by atoms with Gasteiger partial charge in [-0.1, -0.05) is 42.1 Å². The number of fused-ring (bicyclic) bond motifs is 1. The number of ketones is 1. The molecule has 0 atom stereocenters. The summed E-state index contributed by atoms with van der Waals surface area (Å²) < 4.78 is 24.8. The first-order valence-corrected chi connectivity index (χ1v) is 11.5. The first-order chi connectivity index (χ1) is 13.9. The lowest BCUT2D eigenvalue weighted by atomic mass is 10.1. The van der Waals surface area contributed by atoms with Gasteiger partial charge in [0.2, 0.25) is 0 Å². The minimum atomic E-state index is -3.29. The summed E-state index contributed by atoms with van der Waals surface area (Å²) in [4.78, 5) is 21.3. The number of sulfone groups is 1. The largest absolute Gasteiger partial charge is 0.293 e. The monoisotopic (exact) mass is 424 g/mol. The third kappa shape index (κ3) is 4.06. The summed E-state index contributed by atoms with van der Waals surface area (Å²) in [6.45, 7) is 0. The molecule has 0 N–H and O–H groups in total. The molecular formula is C20H16N4O3S2. The van der Waals surface area contributed by atoms with Crippen LogP contribution in [-0.4, -0.2) is 46.0 Å². The fourth-order valence-corrected chi connectivity index (χ4v) is 4.29. The second kappa shape index (κ2) is 7.76. The van der Waals surface area contributed by atoms with Crippen molar-refractivity contribution in [2.24, 2.45) is 0 Å². The molecular weight excluding hydrogens is 408 g/mol. The highest BCUT2D eigenvalue weighted by Crippen LogP contribution is 2.26. The molecule has 0 amide bonds. The van der Waals surface area contributed by atoms with Crippen molar-refractivity contribution >= 4 is 38.4 Å². The average Bonchev–Trinajstić information content (AvgIpc) is 3.17. The maximum absolute atomic E-state index is 12.5. The SMILES string of the molecule is CS(=O)(=O)c1ccc(C(=O)CSc2ncnc3c2cnn3-c2ccccc2)cc1. The van der Waals surface area contributed by atoms with Crippen molar-refractivity contribution < 1.29 is 13.2 Å². The molecule has 0 aliphatic heterocycles. The maximum Gasteiger partial charge on any atom is 0.175 e. The van der Waals surface area contributed by atoms with Crippen molar-refractivity contribution in [2.75, 3.05) is 12.0 Å². The van der Waals surface area contributed by atoms with Gasteiger partial charge < -0.3 is 0 Å². The third-order valence-corrected chi connectivity index (χ3v) is 6.41. The van der Waals surface area contributed by atoms with Crippen molar-refractivity contribution in [2.45, 2.75) is 9.92 Å². The van der Waals surface area contributed by atoms with Crippen LogP contribution in [0.3, 0.4) is 0 Å². The van der Waals surface area contributed by atoms with Gasteiger partial charge in [0.25, 0.3) is 0 Å². The Morgan fingerprint density at radius 1 is 1.03 bits per heavy atom. The molecule has 0 aliphatic rings. The molecule has 2 heterocycles. The molecule has 0 spiro atoms. The van der Waals surface area contributed by atoms with E-state index in [9.17, 15) is 13.2 Å². The average molecular weight is 425 g/mol. The Labute approximate surface area is 171 Å². The lowest BCUT2D eigenvalue weighted by Gasteiger charge is -2.05. The smallest absolute Gasteiger partial charge is 0.175 e. The topological polar surface area (TPSA) is 94.8 Å². The number of thioether (sulfide) groups is 1. The van der Waals surface area contributed by atoms with E-state index >= 15 is 0 Å². The summed E-state index contributed by atoms with van der Waals surface area (Å²) in [5, 5.41) is 5.83. The van der Waals surface area contributed by atoms with Crippen molar-refractivity contribution in [3.63, 3.8) is 0 Å². The molecule has 0 saturated carbocycles. The second-order valence-corrected chi connectivity index (χ2v) is 9.30. The van der Waals surface area contributed by atoms with Crippen LogP contribution in [-0.2, 0) is 9.84 Å². The fourth-order valence-electron chi connectivity index (χ4n) is 2.80. The highest BCUT2D eigenvalue weighted by molar-refractivity contribution is 8.00. The second-order valence-electron chi connectivity index (χ2n) is 6.32. The number of hydrogen-bond donors (Lipinski definition) is 0. The summed E-state index contributed by atoms with van der Waals surface area (Å²) in [5.41, 5.74) is 2.01. The van der Waals surface area contributed by atoms with Gasteiger partial charge in [0, 0.05) is 11.8 Å². The molecule has 7 nitrogen and oxygen atoms in total. The number of rotatable bonds is 6. The van der Waals surface area contributed by atoms with Crippen molar-refractivity contribution in [3.8, 4) is 5.69 Å². The van der Waals surface area contributed by atoms with E-state index in [0.717, 1.165) is 17.3 Å². The van der Waals surface area contributed by atoms with Crippen LogP contribution < -0.4 is 0 Å². The minimum absolute atomic E-state index is 0.114. The van der Waals surface area contributed by atoms with E-state index in [2.05, 4.69) is 15.1 Å². The zero-order valence-electron chi connectivity index (χ0n) is 15.4. The highest BCUT2D eigenvalue weighted by atomic mass is 32.2. The summed E-state index contributed by atoms with van der Waals surface area (Å²) in [6.07, 6.45) is 4.28. The van der Waals surface area contributed by atoms with Crippen LogP contribution in [0, 0.1) is 0 Å². The molecule has 9 heteroatoms. The zero-order chi connectivity index (χ0) is 20.4. The van der Waals surface area contributed by atoms with E-state index in [-0.39, 0.29) is 16.4 Å². The minimum Gasteiger partial charge on any atom is -0.293 e. The first-order valence-electron chi connectivity index (χ1n) is 8.64. The van der Waals surface area contributed by atoms with Gasteiger partial charge >= 0.3 is 0 Å². The summed E-state index contributed by atoms with van der Waals surface area (Å²) in [5.74, 6) is 0.0539. The van der Waals surface area contributed by atoms with Gasteiger partial charge in [-0.25, -0.2) is 23.1 Å². The summed E-state index contributed by atoms with van der Waals surface area (Å²) in [6, 6.07) is 15.6. The van der Waals surface area contributed by atoms with Crippen molar-refractivity contribution in [3.05, 3.63) is 72.7 Å². The number of carbonyl (C=O) groups excluding carboxylic acids is 1. The van der Waals surface area contributed by atoms with E-state index in [4.69, 9.17) is 0 Å². The predicted octanol–water partition coefficient (Wildman–Crippen LogP) is 3.19. The van der Waals surface area contributed by atoms with Gasteiger partial charge in [-0.15, -0.1) is 0 Å². The summed E-state index contributed by atoms with van der Waals surface area (Å²) in [7, 11) is -3.29. The molecule has 2 aromatic carbocycles. The summed E-state index contributed by atoms with van der Waals surface area (Å²) >= 11 is 1.30. The Morgan fingerprint density at radius 2 is 1.76 bits per heavy atom. The number of nitrogens with zero attached hydrogens (tertiary/aromatic N) is 4. The van der Waals surface area contributed by atoms with Crippen LogP contribution in [0.25, 0.3) is 16.7 Å². The molecule has 0 unspecified atom stereocenters. The Balaban J connectivity index is 1.54. The fraction of sp³-hybridized carbons (Fsp3) is 0.100. The van der Waals surface area contributed by atoms with Gasteiger partial charge in [0.15, 0.2) is 21.3 Å². The number of para-hydroxylation sites is 1. The van der Waals surface area contributed by atoms with Gasteiger partial charge in [-0.05, 0) is 24.3 Å². The molecule has 0 bridgehead atoms. The Hall–Kier alpha value is -3.04. The Morgan fingerprint density at radius 3 is 2.45 bits per heavy atom. The maximum atomic E-state index is 12.5. The van der Waals surface area contributed by atoms with E-state index in [1.54, 1.807) is 10.9 Å². The van der Waals surface area contributed by atoms with Crippen LogP contribution in [0.5, 0.6) is 0 Å². The lowest BCUT2D eigenvalue weighted by Crippen LogP contribution is -2.04. The van der Waals surface area contributed by atoms with E-state index in [1.165, 1.54) is 42.4 Å². The molecule has 146 valence electrons. The molecule has 4 rings (SSSR count). The quantitative estimate of drug-likeness (QED) is 0.266. The standard InChI is InChI=1S/C20H16N4O3S2/c1-29(26,27)16-9-7-14(8-10-16)18(25)12-28-20-17-11-23-24(19(17)21-13-22-20)15-5-3-2-4-6-15/h2-11,13H,12H2,1H3. The van der Waals surface area contributed by atoms with Crippen LogP contribution in [0.4, 0.5) is 0 Å². The molecule has 0 radical (unpaired) electrons. The van der Waals surface area contributed by atoms with Gasteiger partial charge in [-0.2, -0.15) is 5.10 Å². The molecule has 4 aromatic rings. The van der Waals surface area contributed by atoms with Crippen LogP contribution in [0.2, 0.25) is 0 Å². The van der Waals surface area contributed by atoms with E-state index < -0.39 is 9.84 Å². The molecule has 2 aromatic heterocycles. The van der Waals surface area contributed by atoms with Crippen LogP contribution >= 0.6 is 11.8 Å². The predicted molar refractivity (Wildman–Crippen MR) is 111 cm³/mol. The van der Waals surface area contributed by atoms with Gasteiger partial charge in [0.05, 0.1) is 27.9 Å². The molecule has 29 heavy (non-hydrogen) atoms. The van der Waals surface area contributed by atoms with Crippen LogP contribution in [0.1, 0.15) is 10.4 Å². The first kappa shape index (κ1) is 19.3. The third-order valence-electron chi connectivity index (χ3n) is 4.27. The van der Waals surface area contributed by atoms with E-state index in [0.29, 0.717) is 16.2 Å². The number of aromatic nitrogens is 4. The number of Topliss-reactive ketones (excluding diaryl/α,β-unsaturated/α-hetero) is 1. The zero-order valence-corrected chi connectivity index (χ0v) is 17.0. The highest BCUT2D eigenvalue weighted by Gasteiger charge is 2.14. The number of benzene rings is 2. The molecule has 0 saturated heterocycles. The van der Waals surface area contributed by atoms with Crippen LogP contribution in [0.15, 0.2) is 77.0 Å². The van der Waals surface area contributed by atoms with Crippen molar-refractivity contribution in [1.29, 1.82) is 0 Å². The van der Waals surface area contributed by atoms with Gasteiger partial charge in [0.1, 0.15) is 11.4 Å². The van der Waals surface area contributed by atoms with Crippen molar-refractivity contribution in [1.82, 2.24) is 19.7 Å². The normalized spacial score (nSPS) is 11.6. The number of carbonyl (C=O) groups is 1. The molecule has 0 fully saturated rings. The Kier molecular flexibility index (Phi) is 5.16.